The smallest absolute Gasteiger partial charge is 0.335 e. The molecule has 5 N–H and O–H groups in total. The maximum Gasteiger partial charge on any atom is 0.335 e. The third kappa shape index (κ3) is 3.43. The molecule has 18 heavy (non-hydrogen) atoms. The standard InChI is InChI=1S/C11H12ClNO5/c12-7-2-1-5(11(17)18)3-6(7)10(16)8(14)4-9(13)15/h1-3,8,10,14,16H,4H2,(H2,13,15)(H,17,18). The Morgan fingerprint density at radius 3 is 2.44 bits per heavy atom. The molecule has 0 aliphatic heterocycles. The van der Waals surface area contributed by atoms with Crippen molar-refractivity contribution in [2.75, 3.05) is 0 Å². The van der Waals surface area contributed by atoms with Crippen LogP contribution in [0.25, 0.3) is 0 Å². The molecule has 1 amide bonds. The van der Waals surface area contributed by atoms with Gasteiger partial charge in [0.05, 0.1) is 18.1 Å². The minimum absolute atomic E-state index is 0.0327. The van der Waals surface area contributed by atoms with Gasteiger partial charge in [0.2, 0.25) is 5.91 Å². The van der Waals surface area contributed by atoms with Gasteiger partial charge in [-0.2, -0.15) is 0 Å². The van der Waals surface area contributed by atoms with Gasteiger partial charge < -0.3 is 21.1 Å². The molecule has 2 atom stereocenters. The van der Waals surface area contributed by atoms with E-state index in [2.05, 4.69) is 0 Å². The molecule has 0 heterocycles. The van der Waals surface area contributed by atoms with Crippen LogP contribution in [0.15, 0.2) is 18.2 Å². The zero-order chi connectivity index (χ0) is 13.9. The van der Waals surface area contributed by atoms with Crippen LogP contribution in [-0.2, 0) is 4.79 Å². The highest BCUT2D eigenvalue weighted by atomic mass is 35.5. The molecule has 1 aromatic carbocycles. The van der Waals surface area contributed by atoms with Crippen LogP contribution < -0.4 is 5.73 Å². The molecule has 0 saturated carbocycles. The van der Waals surface area contributed by atoms with Gasteiger partial charge in [0.15, 0.2) is 0 Å². The number of benzene rings is 1. The van der Waals surface area contributed by atoms with E-state index in [-0.39, 0.29) is 16.1 Å². The largest absolute Gasteiger partial charge is 0.478 e. The summed E-state index contributed by atoms with van der Waals surface area (Å²) in [5.41, 5.74) is 4.84. The summed E-state index contributed by atoms with van der Waals surface area (Å²) in [6.07, 6.45) is -3.37. The average molecular weight is 274 g/mol. The Hall–Kier alpha value is -1.63. The summed E-state index contributed by atoms with van der Waals surface area (Å²) in [6.45, 7) is 0. The fourth-order valence-corrected chi connectivity index (χ4v) is 1.66. The van der Waals surface area contributed by atoms with Gasteiger partial charge in [-0.05, 0) is 18.2 Å². The number of amides is 1. The van der Waals surface area contributed by atoms with Crippen LogP contribution in [0.3, 0.4) is 0 Å². The number of hydrogen-bond acceptors (Lipinski definition) is 4. The lowest BCUT2D eigenvalue weighted by molar-refractivity contribution is -0.121. The number of aliphatic hydroxyl groups is 2. The van der Waals surface area contributed by atoms with Crippen molar-refractivity contribution < 1.29 is 24.9 Å². The molecule has 7 heteroatoms. The summed E-state index contributed by atoms with van der Waals surface area (Å²) in [5, 5.41) is 28.2. The predicted molar refractivity (Wildman–Crippen MR) is 63.2 cm³/mol. The molecule has 0 spiro atoms. The number of carboxylic acid groups (broad SMARTS) is 1. The minimum atomic E-state index is -1.48. The van der Waals surface area contributed by atoms with Crippen molar-refractivity contribution in [2.45, 2.75) is 18.6 Å². The Bertz CT molecular complexity index is 477. The summed E-state index contributed by atoms with van der Waals surface area (Å²) < 4.78 is 0. The quantitative estimate of drug-likeness (QED) is 0.615. The number of carbonyl (C=O) groups excluding carboxylic acids is 1. The van der Waals surface area contributed by atoms with Gasteiger partial charge in [0, 0.05) is 10.6 Å². The first-order valence-electron chi connectivity index (χ1n) is 5.00. The molecule has 0 bridgehead atoms. The number of hydrogen-bond donors (Lipinski definition) is 4. The number of rotatable bonds is 5. The van der Waals surface area contributed by atoms with E-state index < -0.39 is 30.5 Å². The van der Waals surface area contributed by atoms with Gasteiger partial charge >= 0.3 is 5.97 Å². The summed E-state index contributed by atoms with van der Waals surface area (Å²) in [4.78, 5) is 21.4. The first kappa shape index (κ1) is 14.4. The van der Waals surface area contributed by atoms with E-state index in [4.69, 9.17) is 22.4 Å². The van der Waals surface area contributed by atoms with Crippen LogP contribution >= 0.6 is 11.6 Å². The Labute approximate surface area is 108 Å². The van der Waals surface area contributed by atoms with E-state index in [9.17, 15) is 19.8 Å². The zero-order valence-electron chi connectivity index (χ0n) is 9.21. The summed E-state index contributed by atoms with van der Waals surface area (Å²) in [7, 11) is 0. The van der Waals surface area contributed by atoms with E-state index in [1.165, 1.54) is 12.1 Å². The molecule has 0 aliphatic carbocycles. The van der Waals surface area contributed by atoms with Gasteiger partial charge in [0.25, 0.3) is 0 Å². The second-order valence-electron chi connectivity index (χ2n) is 3.72. The summed E-state index contributed by atoms with van der Waals surface area (Å²) in [5.74, 6) is -1.98. The molecule has 2 unspecified atom stereocenters. The summed E-state index contributed by atoms with van der Waals surface area (Å²) >= 11 is 5.80. The predicted octanol–water partition coefficient (Wildman–Crippen LogP) is 0.308. The molecule has 6 nitrogen and oxygen atoms in total. The molecule has 0 aliphatic rings. The Morgan fingerprint density at radius 1 is 1.33 bits per heavy atom. The Morgan fingerprint density at radius 2 is 1.94 bits per heavy atom. The molecule has 98 valence electrons. The van der Waals surface area contributed by atoms with Crippen molar-refractivity contribution in [1.82, 2.24) is 0 Å². The number of carboxylic acids is 1. The van der Waals surface area contributed by atoms with Crippen molar-refractivity contribution in [2.24, 2.45) is 5.73 Å². The second-order valence-corrected chi connectivity index (χ2v) is 4.13. The molecule has 0 saturated heterocycles. The zero-order valence-corrected chi connectivity index (χ0v) is 9.96. The molecule has 0 fully saturated rings. The molecular weight excluding hydrogens is 262 g/mol. The maximum absolute atomic E-state index is 10.8. The van der Waals surface area contributed by atoms with Crippen LogP contribution in [0, 0.1) is 0 Å². The van der Waals surface area contributed by atoms with Crippen LogP contribution in [0.4, 0.5) is 0 Å². The lowest BCUT2D eigenvalue weighted by atomic mass is 10.00. The molecule has 0 aromatic heterocycles. The first-order valence-corrected chi connectivity index (χ1v) is 5.38. The number of aromatic carboxylic acids is 1. The number of halogens is 1. The van der Waals surface area contributed by atoms with Crippen LogP contribution in [0.5, 0.6) is 0 Å². The van der Waals surface area contributed by atoms with Crippen molar-refractivity contribution in [3.63, 3.8) is 0 Å². The number of carbonyl (C=O) groups is 2. The minimum Gasteiger partial charge on any atom is -0.478 e. The van der Waals surface area contributed by atoms with E-state index in [0.717, 1.165) is 6.07 Å². The molecule has 1 rings (SSSR count). The van der Waals surface area contributed by atoms with Gasteiger partial charge in [-0.25, -0.2) is 4.79 Å². The van der Waals surface area contributed by atoms with Gasteiger partial charge in [-0.1, -0.05) is 11.6 Å². The van der Waals surface area contributed by atoms with Gasteiger partial charge in [-0.15, -0.1) is 0 Å². The topological polar surface area (TPSA) is 121 Å². The highest BCUT2D eigenvalue weighted by Crippen LogP contribution is 2.27. The van der Waals surface area contributed by atoms with Crippen molar-refractivity contribution in [3.8, 4) is 0 Å². The van der Waals surface area contributed by atoms with Crippen molar-refractivity contribution in [1.29, 1.82) is 0 Å². The molecule has 1 aromatic rings. The van der Waals surface area contributed by atoms with E-state index in [1.54, 1.807) is 0 Å². The van der Waals surface area contributed by atoms with Crippen LogP contribution in [-0.4, -0.2) is 33.3 Å². The lowest BCUT2D eigenvalue weighted by Crippen LogP contribution is -2.26. The van der Waals surface area contributed by atoms with Crippen molar-refractivity contribution in [3.05, 3.63) is 34.3 Å². The number of aliphatic hydroxyl groups excluding tert-OH is 2. The van der Waals surface area contributed by atoms with E-state index in [1.807, 2.05) is 0 Å². The van der Waals surface area contributed by atoms with Gasteiger partial charge in [0.1, 0.15) is 6.10 Å². The molecular formula is C11H12ClNO5. The fraction of sp³-hybridized carbons (Fsp3) is 0.273. The average Bonchev–Trinajstić information content (AvgIpc) is 2.27. The van der Waals surface area contributed by atoms with Crippen molar-refractivity contribution >= 4 is 23.5 Å². The highest BCUT2D eigenvalue weighted by molar-refractivity contribution is 6.31. The van der Waals surface area contributed by atoms with E-state index in [0.29, 0.717) is 0 Å². The normalized spacial score (nSPS) is 13.9. The Balaban J connectivity index is 3.03. The summed E-state index contributed by atoms with van der Waals surface area (Å²) in [6, 6.07) is 3.70. The number of primary amides is 1. The van der Waals surface area contributed by atoms with E-state index >= 15 is 0 Å². The van der Waals surface area contributed by atoms with Crippen LogP contribution in [0.2, 0.25) is 5.02 Å². The maximum atomic E-state index is 10.8. The Kier molecular flexibility index (Phi) is 4.66. The van der Waals surface area contributed by atoms with Crippen LogP contribution in [0.1, 0.15) is 28.4 Å². The number of nitrogens with two attached hydrogens (primary N) is 1. The van der Waals surface area contributed by atoms with Gasteiger partial charge in [-0.3, -0.25) is 4.79 Å². The first-order chi connectivity index (χ1) is 8.32. The molecule has 0 radical (unpaired) electrons. The SMILES string of the molecule is NC(=O)CC(O)C(O)c1cc(C(=O)O)ccc1Cl. The third-order valence-electron chi connectivity index (χ3n) is 2.34. The third-order valence-corrected chi connectivity index (χ3v) is 2.68. The highest BCUT2D eigenvalue weighted by Gasteiger charge is 2.23. The lowest BCUT2D eigenvalue weighted by Gasteiger charge is -2.18. The fourth-order valence-electron chi connectivity index (χ4n) is 1.43. The second kappa shape index (κ2) is 5.81. The monoisotopic (exact) mass is 273 g/mol.